The van der Waals surface area contributed by atoms with Crippen molar-refractivity contribution < 1.29 is 22.5 Å². The molecular formula is C22H28N4O5S. The largest absolute Gasteiger partial charge is 0.377 e. The van der Waals surface area contributed by atoms with E-state index in [0.29, 0.717) is 23.9 Å². The van der Waals surface area contributed by atoms with Gasteiger partial charge in [-0.15, -0.1) is 0 Å². The van der Waals surface area contributed by atoms with Gasteiger partial charge in [0, 0.05) is 43.6 Å². The van der Waals surface area contributed by atoms with E-state index >= 15 is 0 Å². The number of sulfonamides is 1. The van der Waals surface area contributed by atoms with E-state index in [9.17, 15) is 13.2 Å². The Labute approximate surface area is 187 Å². The van der Waals surface area contributed by atoms with Gasteiger partial charge in [-0.2, -0.15) is 4.98 Å². The van der Waals surface area contributed by atoms with Crippen LogP contribution in [0.3, 0.4) is 0 Å². The summed E-state index contributed by atoms with van der Waals surface area (Å²) in [5.41, 5.74) is 0.694. The Hall–Kier alpha value is -2.30. The molecule has 10 heteroatoms. The first-order chi connectivity index (χ1) is 15.5. The number of carbonyl (C=O) groups is 1. The van der Waals surface area contributed by atoms with Crippen molar-refractivity contribution in [2.75, 3.05) is 26.2 Å². The predicted molar refractivity (Wildman–Crippen MR) is 115 cm³/mol. The van der Waals surface area contributed by atoms with Crippen LogP contribution in [0, 0.1) is 5.92 Å². The monoisotopic (exact) mass is 460 g/mol. The average molecular weight is 461 g/mol. The summed E-state index contributed by atoms with van der Waals surface area (Å²) in [5.74, 6) is 1.69. The summed E-state index contributed by atoms with van der Waals surface area (Å²) in [6.07, 6.45) is 5.46. The van der Waals surface area contributed by atoms with Gasteiger partial charge in [0.2, 0.25) is 27.6 Å². The highest BCUT2D eigenvalue weighted by atomic mass is 32.2. The van der Waals surface area contributed by atoms with Gasteiger partial charge in [-0.05, 0) is 62.8 Å². The quantitative estimate of drug-likeness (QED) is 0.674. The summed E-state index contributed by atoms with van der Waals surface area (Å²) in [6, 6.07) is 6.47. The molecule has 1 aliphatic carbocycles. The van der Waals surface area contributed by atoms with Crippen LogP contribution in [-0.4, -0.2) is 61.7 Å². The van der Waals surface area contributed by atoms with Crippen LogP contribution < -0.4 is 4.72 Å². The Morgan fingerprint density at radius 3 is 2.50 bits per heavy atom. The first-order valence-electron chi connectivity index (χ1n) is 11.3. The van der Waals surface area contributed by atoms with Gasteiger partial charge < -0.3 is 14.2 Å². The summed E-state index contributed by atoms with van der Waals surface area (Å²) < 4.78 is 38.6. The van der Waals surface area contributed by atoms with Crippen molar-refractivity contribution in [2.45, 2.75) is 55.4 Å². The molecule has 1 aromatic heterocycles. The molecule has 3 heterocycles. The number of rotatable bonds is 7. The summed E-state index contributed by atoms with van der Waals surface area (Å²) in [4.78, 5) is 18.9. The standard InChI is InChI=1S/C22H28N4O5S/c27-22(17-3-4-17)26-11-9-16(10-12-26)21-24-20(25-31-21)15-5-7-19(8-6-15)32(28,29)23-14-18-2-1-13-30-18/h5-8,16-18,23H,1-4,9-14H2/t18-/m1/s1. The molecular weight excluding hydrogens is 432 g/mol. The highest BCUT2D eigenvalue weighted by Gasteiger charge is 2.36. The Morgan fingerprint density at radius 2 is 1.84 bits per heavy atom. The van der Waals surface area contributed by atoms with E-state index < -0.39 is 10.0 Å². The van der Waals surface area contributed by atoms with Crippen LogP contribution in [0.15, 0.2) is 33.7 Å². The highest BCUT2D eigenvalue weighted by molar-refractivity contribution is 7.89. The molecule has 1 amide bonds. The van der Waals surface area contributed by atoms with E-state index in [0.717, 1.165) is 51.6 Å². The van der Waals surface area contributed by atoms with Gasteiger partial charge in [0.25, 0.3) is 0 Å². The smallest absolute Gasteiger partial charge is 0.240 e. The summed E-state index contributed by atoms with van der Waals surface area (Å²) in [5, 5.41) is 4.09. The van der Waals surface area contributed by atoms with E-state index in [-0.39, 0.29) is 35.3 Å². The minimum Gasteiger partial charge on any atom is -0.377 e. The summed E-state index contributed by atoms with van der Waals surface area (Å²) in [6.45, 7) is 2.42. The van der Waals surface area contributed by atoms with Gasteiger partial charge in [-0.3, -0.25) is 4.79 Å². The number of benzene rings is 1. The molecule has 1 saturated carbocycles. The van der Waals surface area contributed by atoms with Gasteiger partial charge in [0.05, 0.1) is 11.0 Å². The Bertz CT molecular complexity index is 1050. The van der Waals surface area contributed by atoms with E-state index in [1.165, 1.54) is 0 Å². The summed E-state index contributed by atoms with van der Waals surface area (Å²) in [7, 11) is -3.60. The third-order valence-electron chi connectivity index (χ3n) is 6.47. The lowest BCUT2D eigenvalue weighted by Crippen LogP contribution is -2.38. The van der Waals surface area contributed by atoms with Crippen LogP contribution in [0.25, 0.3) is 11.4 Å². The van der Waals surface area contributed by atoms with Crippen molar-refractivity contribution in [1.82, 2.24) is 19.8 Å². The fourth-order valence-corrected chi connectivity index (χ4v) is 5.39. The second kappa shape index (κ2) is 8.92. The number of ether oxygens (including phenoxy) is 1. The topological polar surface area (TPSA) is 115 Å². The fraction of sp³-hybridized carbons (Fsp3) is 0.591. The number of nitrogens with one attached hydrogen (secondary N) is 1. The number of hydrogen-bond acceptors (Lipinski definition) is 7. The molecule has 0 radical (unpaired) electrons. The predicted octanol–water partition coefficient (Wildman–Crippen LogP) is 2.31. The third kappa shape index (κ3) is 4.72. The zero-order valence-electron chi connectivity index (χ0n) is 17.9. The van der Waals surface area contributed by atoms with Crippen LogP contribution in [0.1, 0.15) is 50.3 Å². The number of carbonyl (C=O) groups excluding carboxylic acids is 1. The first kappa shape index (κ1) is 21.5. The number of likely N-dealkylation sites (tertiary alicyclic amines) is 1. The molecule has 0 bridgehead atoms. The van der Waals surface area contributed by atoms with E-state index in [2.05, 4.69) is 14.9 Å². The second-order valence-corrected chi connectivity index (χ2v) is 10.6. The van der Waals surface area contributed by atoms with Crippen LogP contribution in [-0.2, 0) is 19.6 Å². The van der Waals surface area contributed by atoms with E-state index in [4.69, 9.17) is 9.26 Å². The minimum absolute atomic E-state index is 0.0551. The molecule has 32 heavy (non-hydrogen) atoms. The van der Waals surface area contributed by atoms with Crippen LogP contribution >= 0.6 is 0 Å². The normalized spacial score (nSPS) is 22.4. The van der Waals surface area contributed by atoms with Gasteiger partial charge in [-0.25, -0.2) is 13.1 Å². The zero-order chi connectivity index (χ0) is 22.1. The Morgan fingerprint density at radius 1 is 1.09 bits per heavy atom. The lowest BCUT2D eigenvalue weighted by atomic mass is 9.96. The molecule has 2 aromatic rings. The molecule has 0 unspecified atom stereocenters. The maximum atomic E-state index is 12.5. The van der Waals surface area contributed by atoms with E-state index in [1.54, 1.807) is 24.3 Å². The SMILES string of the molecule is O=C(C1CC1)N1CCC(c2nc(-c3ccc(S(=O)(=O)NC[C@H]4CCCO4)cc3)no2)CC1. The Balaban J connectivity index is 1.19. The maximum Gasteiger partial charge on any atom is 0.240 e. The Kier molecular flexibility index (Phi) is 6.00. The molecule has 9 nitrogen and oxygen atoms in total. The first-order valence-corrected chi connectivity index (χ1v) is 12.8. The van der Waals surface area contributed by atoms with Crippen molar-refractivity contribution in [1.29, 1.82) is 0 Å². The van der Waals surface area contributed by atoms with Crippen molar-refractivity contribution in [3.63, 3.8) is 0 Å². The van der Waals surface area contributed by atoms with Crippen LogP contribution in [0.4, 0.5) is 0 Å². The molecule has 1 N–H and O–H groups in total. The third-order valence-corrected chi connectivity index (χ3v) is 7.91. The van der Waals surface area contributed by atoms with Gasteiger partial charge >= 0.3 is 0 Å². The number of aromatic nitrogens is 2. The average Bonchev–Trinajstić information content (AvgIpc) is 3.32. The van der Waals surface area contributed by atoms with Crippen molar-refractivity contribution >= 4 is 15.9 Å². The van der Waals surface area contributed by atoms with E-state index in [1.807, 2.05) is 4.90 Å². The number of piperidine rings is 1. The zero-order valence-corrected chi connectivity index (χ0v) is 18.7. The van der Waals surface area contributed by atoms with Crippen LogP contribution in [0.2, 0.25) is 0 Å². The molecule has 2 saturated heterocycles. The van der Waals surface area contributed by atoms with Crippen LogP contribution in [0.5, 0.6) is 0 Å². The van der Waals surface area contributed by atoms with Gasteiger partial charge in [0.1, 0.15) is 0 Å². The molecule has 2 aliphatic heterocycles. The molecule has 5 rings (SSSR count). The van der Waals surface area contributed by atoms with Gasteiger partial charge in [-0.1, -0.05) is 5.16 Å². The van der Waals surface area contributed by atoms with Gasteiger partial charge in [0.15, 0.2) is 0 Å². The molecule has 172 valence electrons. The highest BCUT2D eigenvalue weighted by Crippen LogP contribution is 2.34. The molecule has 0 spiro atoms. The molecule has 1 atom stereocenters. The van der Waals surface area contributed by atoms with Crippen molar-refractivity contribution in [3.8, 4) is 11.4 Å². The number of nitrogens with zero attached hydrogens (tertiary/aromatic N) is 3. The lowest BCUT2D eigenvalue weighted by molar-refractivity contribution is -0.133. The lowest BCUT2D eigenvalue weighted by Gasteiger charge is -2.30. The maximum absolute atomic E-state index is 12.5. The number of hydrogen-bond donors (Lipinski definition) is 1. The summed E-state index contributed by atoms with van der Waals surface area (Å²) >= 11 is 0. The molecule has 3 fully saturated rings. The van der Waals surface area contributed by atoms with Crippen molar-refractivity contribution in [2.24, 2.45) is 5.92 Å². The van der Waals surface area contributed by atoms with Crippen molar-refractivity contribution in [3.05, 3.63) is 30.2 Å². The molecule has 1 aromatic carbocycles. The fourth-order valence-electron chi connectivity index (χ4n) is 4.33. The number of amides is 1. The minimum atomic E-state index is -3.60. The molecule has 3 aliphatic rings. The second-order valence-electron chi connectivity index (χ2n) is 8.84.